The molecule has 1 aliphatic rings. The predicted octanol–water partition coefficient (Wildman–Crippen LogP) is 2.89. The van der Waals surface area contributed by atoms with E-state index in [9.17, 15) is 18.0 Å². The van der Waals surface area contributed by atoms with E-state index in [4.69, 9.17) is 10.8 Å². The van der Waals surface area contributed by atoms with Crippen LogP contribution >= 0.6 is 0 Å². The van der Waals surface area contributed by atoms with Crippen LogP contribution in [0.2, 0.25) is 0 Å². The van der Waals surface area contributed by atoms with Gasteiger partial charge < -0.3 is 10.8 Å². The first kappa shape index (κ1) is 22.3. The molecule has 3 rings (SSSR count). The zero-order valence-electron chi connectivity index (χ0n) is 16.9. The topological polar surface area (TPSA) is 69.8 Å². The summed E-state index contributed by atoms with van der Waals surface area (Å²) in [5, 5.41) is 9.03. The van der Waals surface area contributed by atoms with Crippen LogP contribution < -0.4 is 5.73 Å². The summed E-state index contributed by atoms with van der Waals surface area (Å²) >= 11 is 0. The number of aliphatic hydroxyl groups excluding tert-OH is 1. The Kier molecular flexibility index (Phi) is 6.80. The fourth-order valence-electron chi connectivity index (χ4n) is 3.81. The fraction of sp³-hybridized carbons (Fsp3) is 0.409. The second-order valence-corrected chi connectivity index (χ2v) is 7.62. The molecule has 0 radical (unpaired) electrons. The number of alkyl halides is 3. The lowest BCUT2D eigenvalue weighted by molar-refractivity contribution is -0.138. The maximum Gasteiger partial charge on any atom is 0.416 e. The number of hydrogen-bond donors (Lipinski definition) is 2. The minimum atomic E-state index is -4.51. The summed E-state index contributed by atoms with van der Waals surface area (Å²) in [5.74, 6) is -0.677. The third-order valence-electron chi connectivity index (χ3n) is 5.44. The molecule has 30 heavy (non-hydrogen) atoms. The Bertz CT molecular complexity index is 907. The van der Waals surface area contributed by atoms with E-state index in [-0.39, 0.29) is 24.3 Å². The van der Waals surface area contributed by atoms with E-state index in [1.165, 1.54) is 6.07 Å². The van der Waals surface area contributed by atoms with Gasteiger partial charge in [-0.1, -0.05) is 29.8 Å². The van der Waals surface area contributed by atoms with E-state index in [1.54, 1.807) is 24.3 Å². The zero-order valence-corrected chi connectivity index (χ0v) is 16.9. The van der Waals surface area contributed by atoms with Crippen LogP contribution in [0.1, 0.15) is 27.0 Å². The van der Waals surface area contributed by atoms with Crippen molar-refractivity contribution in [2.24, 2.45) is 5.73 Å². The quantitative estimate of drug-likeness (QED) is 0.753. The van der Waals surface area contributed by atoms with Crippen molar-refractivity contribution >= 4 is 5.91 Å². The van der Waals surface area contributed by atoms with Gasteiger partial charge in [-0.05, 0) is 35.7 Å². The first-order valence-electron chi connectivity index (χ1n) is 9.85. The number of β-amino-alcohol motifs (C(OH)–C–C–N with tert-alkyl or cyclic N) is 1. The van der Waals surface area contributed by atoms with Crippen molar-refractivity contribution < 1.29 is 23.1 Å². The molecule has 1 amide bonds. The second-order valence-electron chi connectivity index (χ2n) is 7.62. The van der Waals surface area contributed by atoms with Gasteiger partial charge in [-0.25, -0.2) is 0 Å². The first-order valence-corrected chi connectivity index (χ1v) is 9.85. The number of halogens is 3. The minimum absolute atomic E-state index is 0.0753. The number of rotatable bonds is 6. The van der Waals surface area contributed by atoms with Crippen LogP contribution in [0.4, 0.5) is 13.2 Å². The van der Waals surface area contributed by atoms with Crippen molar-refractivity contribution in [3.05, 3.63) is 58.7 Å². The first-order chi connectivity index (χ1) is 14.2. The highest BCUT2D eigenvalue weighted by atomic mass is 19.4. The summed E-state index contributed by atoms with van der Waals surface area (Å²) in [6.07, 6.45) is -4.51. The van der Waals surface area contributed by atoms with E-state index >= 15 is 0 Å². The van der Waals surface area contributed by atoms with Crippen LogP contribution in [0.3, 0.4) is 0 Å². The van der Waals surface area contributed by atoms with Crippen LogP contribution in [0.15, 0.2) is 36.4 Å². The Morgan fingerprint density at radius 1 is 1.07 bits per heavy atom. The second kappa shape index (κ2) is 9.16. The molecule has 1 aliphatic heterocycles. The van der Waals surface area contributed by atoms with E-state index in [2.05, 4.69) is 4.90 Å². The number of carbonyl (C=O) groups is 1. The van der Waals surface area contributed by atoms with Crippen LogP contribution in [0, 0.1) is 6.92 Å². The lowest BCUT2D eigenvalue weighted by Gasteiger charge is -2.34. The van der Waals surface area contributed by atoms with Gasteiger partial charge in [0.2, 0.25) is 5.91 Å². The summed E-state index contributed by atoms with van der Waals surface area (Å²) in [6, 6.07) is 9.15. The van der Waals surface area contributed by atoms with E-state index in [0.29, 0.717) is 43.9 Å². The fourth-order valence-corrected chi connectivity index (χ4v) is 3.81. The number of nitrogens with two attached hydrogens (primary N) is 1. The van der Waals surface area contributed by atoms with E-state index < -0.39 is 17.6 Å². The largest absolute Gasteiger partial charge is 0.416 e. The number of aliphatic hydroxyl groups is 1. The molecule has 1 heterocycles. The molecule has 0 atom stereocenters. The molecule has 8 heteroatoms. The van der Waals surface area contributed by atoms with Gasteiger partial charge in [0.15, 0.2) is 0 Å². The van der Waals surface area contributed by atoms with Crippen LogP contribution in [-0.4, -0.2) is 60.1 Å². The van der Waals surface area contributed by atoms with Gasteiger partial charge in [-0.2, -0.15) is 13.2 Å². The molecular formula is C22H26F3N3O2. The molecule has 2 aromatic rings. The van der Waals surface area contributed by atoms with Crippen molar-refractivity contribution in [1.29, 1.82) is 0 Å². The maximum absolute atomic E-state index is 13.9. The highest BCUT2D eigenvalue weighted by Crippen LogP contribution is 2.36. The summed E-state index contributed by atoms with van der Waals surface area (Å²) in [6.45, 7) is 5.37. The monoisotopic (exact) mass is 421 g/mol. The van der Waals surface area contributed by atoms with Gasteiger partial charge in [0.05, 0.1) is 12.2 Å². The third-order valence-corrected chi connectivity index (χ3v) is 5.44. The van der Waals surface area contributed by atoms with Crippen molar-refractivity contribution in [2.75, 3.05) is 39.3 Å². The van der Waals surface area contributed by atoms with Gasteiger partial charge in [0, 0.05) is 44.8 Å². The average Bonchev–Trinajstić information content (AvgIpc) is 2.69. The number of benzene rings is 2. The molecular weight excluding hydrogens is 395 g/mol. The van der Waals surface area contributed by atoms with Crippen molar-refractivity contribution in [2.45, 2.75) is 19.6 Å². The number of piperazine rings is 1. The Balaban J connectivity index is 1.91. The Labute approximate surface area is 173 Å². The van der Waals surface area contributed by atoms with E-state index in [0.717, 1.165) is 11.6 Å². The summed E-state index contributed by atoms with van der Waals surface area (Å²) in [7, 11) is 0. The molecule has 0 saturated carbocycles. The molecule has 0 spiro atoms. The lowest BCUT2D eigenvalue weighted by Crippen LogP contribution is -2.46. The normalized spacial score (nSPS) is 16.0. The number of primary amides is 1. The van der Waals surface area contributed by atoms with E-state index in [1.807, 2.05) is 11.8 Å². The number of amides is 1. The van der Waals surface area contributed by atoms with Gasteiger partial charge >= 0.3 is 6.18 Å². The molecule has 5 nitrogen and oxygen atoms in total. The van der Waals surface area contributed by atoms with Crippen LogP contribution in [0.5, 0.6) is 0 Å². The number of hydrogen-bond acceptors (Lipinski definition) is 4. The van der Waals surface area contributed by atoms with Crippen molar-refractivity contribution in [1.82, 2.24) is 9.80 Å². The number of aryl methyl sites for hydroxylation is 1. The Morgan fingerprint density at radius 3 is 2.33 bits per heavy atom. The Hall–Kier alpha value is -2.42. The van der Waals surface area contributed by atoms with Gasteiger partial charge in [0.25, 0.3) is 0 Å². The molecule has 0 aromatic heterocycles. The molecule has 0 bridgehead atoms. The number of carbonyl (C=O) groups excluding carboxylic acids is 1. The minimum Gasteiger partial charge on any atom is -0.395 e. The summed E-state index contributed by atoms with van der Waals surface area (Å²) in [4.78, 5) is 15.8. The molecule has 0 aliphatic carbocycles. The smallest absolute Gasteiger partial charge is 0.395 e. The predicted molar refractivity (Wildman–Crippen MR) is 109 cm³/mol. The average molecular weight is 421 g/mol. The highest BCUT2D eigenvalue weighted by molar-refractivity contribution is 6.00. The zero-order chi connectivity index (χ0) is 21.9. The van der Waals surface area contributed by atoms with Gasteiger partial charge in [-0.15, -0.1) is 0 Å². The maximum atomic E-state index is 13.9. The lowest BCUT2D eigenvalue weighted by atomic mass is 9.93. The van der Waals surface area contributed by atoms with Crippen LogP contribution in [0.25, 0.3) is 11.1 Å². The van der Waals surface area contributed by atoms with Gasteiger partial charge in [-0.3, -0.25) is 14.6 Å². The summed E-state index contributed by atoms with van der Waals surface area (Å²) in [5.41, 5.74) is 6.67. The number of nitrogens with zero attached hydrogens (tertiary/aromatic N) is 2. The molecule has 0 unspecified atom stereocenters. The molecule has 1 saturated heterocycles. The molecule has 1 fully saturated rings. The standard InChI is InChI=1S/C22H26F3N3O2/c1-15-2-5-18(21(26)30)19(12-15)16-3-4-17(20(13-16)22(23,24)25)14-28-8-6-27(7-9-28)10-11-29/h2-5,12-13,29H,6-11,14H2,1H3,(H2,26,30). The highest BCUT2D eigenvalue weighted by Gasteiger charge is 2.34. The van der Waals surface area contributed by atoms with Crippen LogP contribution in [-0.2, 0) is 12.7 Å². The Morgan fingerprint density at radius 2 is 1.73 bits per heavy atom. The van der Waals surface area contributed by atoms with Gasteiger partial charge in [0.1, 0.15) is 0 Å². The molecule has 162 valence electrons. The SMILES string of the molecule is Cc1ccc(C(N)=O)c(-c2ccc(CN3CCN(CCO)CC3)c(C(F)(F)F)c2)c1. The van der Waals surface area contributed by atoms with Crippen molar-refractivity contribution in [3.63, 3.8) is 0 Å². The molecule has 2 aromatic carbocycles. The molecule has 3 N–H and O–H groups in total. The summed E-state index contributed by atoms with van der Waals surface area (Å²) < 4.78 is 41.6. The third kappa shape index (κ3) is 5.19. The van der Waals surface area contributed by atoms with Crippen molar-refractivity contribution in [3.8, 4) is 11.1 Å².